The van der Waals surface area contributed by atoms with Gasteiger partial charge in [-0.15, -0.1) is 0 Å². The highest BCUT2D eigenvalue weighted by atomic mass is 19.1. The number of nitrogens with zero attached hydrogens (tertiary/aromatic N) is 1. The van der Waals surface area contributed by atoms with Crippen molar-refractivity contribution in [1.82, 2.24) is 0 Å². The van der Waals surface area contributed by atoms with E-state index in [4.69, 9.17) is 10.00 Å². The number of esters is 1. The van der Waals surface area contributed by atoms with Crippen LogP contribution in [0, 0.1) is 23.2 Å². The van der Waals surface area contributed by atoms with Crippen LogP contribution < -0.4 is 4.74 Å². The van der Waals surface area contributed by atoms with Crippen LogP contribution in [0.2, 0.25) is 0 Å². The van der Waals surface area contributed by atoms with Crippen molar-refractivity contribution in [2.75, 3.05) is 0 Å². The lowest BCUT2D eigenvalue weighted by molar-refractivity contribution is -0.140. The van der Waals surface area contributed by atoms with Crippen molar-refractivity contribution in [2.24, 2.45) is 11.8 Å². The summed E-state index contributed by atoms with van der Waals surface area (Å²) in [5.41, 5.74) is 1.30. The number of nitriles is 1. The summed E-state index contributed by atoms with van der Waals surface area (Å²) in [5.74, 6) is 0.245. The van der Waals surface area contributed by atoms with Crippen LogP contribution in [0.3, 0.4) is 0 Å². The van der Waals surface area contributed by atoms with Crippen LogP contribution in [-0.4, -0.2) is 5.97 Å². The molecule has 0 heterocycles. The largest absolute Gasteiger partial charge is 0.426 e. The normalized spacial score (nSPS) is 19.6. The molecule has 1 saturated carbocycles. The highest BCUT2D eigenvalue weighted by Crippen LogP contribution is 2.32. The molecule has 0 aromatic heterocycles. The van der Waals surface area contributed by atoms with Gasteiger partial charge in [0.2, 0.25) is 0 Å². The molecule has 0 saturated heterocycles. The van der Waals surface area contributed by atoms with Gasteiger partial charge in [-0.25, -0.2) is 0 Å². The minimum atomic E-state index is -0.704. The number of hydrogen-bond donors (Lipinski definition) is 0. The number of unbranched alkanes of at least 4 members (excludes halogenated alkanes) is 4. The molecule has 2 rings (SSSR count). The van der Waals surface area contributed by atoms with Gasteiger partial charge < -0.3 is 4.74 Å². The number of aryl methyl sites for hydroxylation is 1. The van der Waals surface area contributed by atoms with Crippen LogP contribution in [0.5, 0.6) is 5.75 Å². The lowest BCUT2D eigenvalue weighted by Gasteiger charge is -2.26. The second-order valence-electron chi connectivity index (χ2n) is 8.19. The fraction of sp³-hybridized carbons (Fsp3) is 0.600. The van der Waals surface area contributed by atoms with Gasteiger partial charge in [0.15, 0.2) is 5.83 Å². The molecular weight excluding hydrogens is 365 g/mol. The van der Waals surface area contributed by atoms with Crippen molar-refractivity contribution < 1.29 is 13.9 Å². The maximum atomic E-state index is 12.8. The summed E-state index contributed by atoms with van der Waals surface area (Å²) in [6, 6.07) is 9.43. The van der Waals surface area contributed by atoms with Gasteiger partial charge in [0.25, 0.3) is 0 Å². The maximum absolute atomic E-state index is 12.8. The Balaban J connectivity index is 1.68. The van der Waals surface area contributed by atoms with Crippen LogP contribution in [0.25, 0.3) is 0 Å². The molecule has 158 valence electrons. The molecule has 4 heteroatoms. The third-order valence-electron chi connectivity index (χ3n) is 5.90. The van der Waals surface area contributed by atoms with Gasteiger partial charge in [0.1, 0.15) is 11.8 Å². The first-order valence-electron chi connectivity index (χ1n) is 11.2. The lowest BCUT2D eigenvalue weighted by Crippen LogP contribution is -2.25. The summed E-state index contributed by atoms with van der Waals surface area (Å²) >= 11 is 0. The molecule has 1 aliphatic carbocycles. The molecule has 0 aliphatic heterocycles. The molecule has 0 N–H and O–H groups in total. The number of rotatable bonds is 11. The van der Waals surface area contributed by atoms with E-state index in [-0.39, 0.29) is 11.9 Å². The molecule has 1 fully saturated rings. The SMILES string of the molecule is CCCCCCCc1ccc(OC(=O)C2CCC(CC/C=C(/F)C#N)CC2)cc1. The monoisotopic (exact) mass is 399 g/mol. The van der Waals surface area contributed by atoms with Gasteiger partial charge in [-0.3, -0.25) is 4.79 Å². The van der Waals surface area contributed by atoms with Crippen LogP contribution >= 0.6 is 0 Å². The molecule has 0 spiro atoms. The third kappa shape index (κ3) is 8.81. The Hall–Kier alpha value is -2.15. The summed E-state index contributed by atoms with van der Waals surface area (Å²) < 4.78 is 18.4. The van der Waals surface area contributed by atoms with Gasteiger partial charge in [0, 0.05) is 0 Å². The zero-order valence-corrected chi connectivity index (χ0v) is 17.7. The second-order valence-corrected chi connectivity index (χ2v) is 8.19. The number of allylic oxidation sites excluding steroid dienone is 2. The Labute approximate surface area is 175 Å². The molecule has 1 aromatic carbocycles. The smallest absolute Gasteiger partial charge is 0.314 e. The van der Waals surface area contributed by atoms with E-state index in [9.17, 15) is 9.18 Å². The number of carbonyl (C=O) groups is 1. The fourth-order valence-electron chi connectivity index (χ4n) is 4.03. The number of hydrogen-bond acceptors (Lipinski definition) is 3. The topological polar surface area (TPSA) is 50.1 Å². The molecule has 1 aliphatic rings. The molecule has 0 atom stereocenters. The van der Waals surface area contributed by atoms with Crippen molar-refractivity contribution >= 4 is 5.97 Å². The maximum Gasteiger partial charge on any atom is 0.314 e. The summed E-state index contributed by atoms with van der Waals surface area (Å²) in [5, 5.41) is 8.43. The molecular formula is C25H34FNO2. The standard InChI is InChI=1S/C25H34FNO2/c1-2-3-4-5-6-8-20-13-17-24(18-14-20)29-25(28)22-15-11-21(12-16-22)9-7-10-23(26)19-27/h10,13-14,17-18,21-22H,2-9,11-12,15-16H2,1H3/b23-10+. The van der Waals surface area contributed by atoms with Crippen LogP contribution in [-0.2, 0) is 11.2 Å². The predicted molar refractivity (Wildman–Crippen MR) is 114 cm³/mol. The average Bonchev–Trinajstić information content (AvgIpc) is 2.75. The van der Waals surface area contributed by atoms with E-state index in [1.165, 1.54) is 49.8 Å². The minimum Gasteiger partial charge on any atom is -0.426 e. The van der Waals surface area contributed by atoms with E-state index in [1.54, 1.807) is 0 Å². The molecule has 0 bridgehead atoms. The Kier molecular flexibility index (Phi) is 10.5. The van der Waals surface area contributed by atoms with E-state index in [0.717, 1.165) is 38.5 Å². The Morgan fingerprint density at radius 1 is 1.14 bits per heavy atom. The summed E-state index contributed by atoms with van der Waals surface area (Å²) in [7, 11) is 0. The van der Waals surface area contributed by atoms with Crippen molar-refractivity contribution in [2.45, 2.75) is 84.0 Å². The van der Waals surface area contributed by atoms with Crippen molar-refractivity contribution in [3.8, 4) is 11.8 Å². The molecule has 1 aromatic rings. The molecule has 29 heavy (non-hydrogen) atoms. The summed E-state index contributed by atoms with van der Waals surface area (Å²) in [6.07, 6.45) is 13.8. The van der Waals surface area contributed by atoms with Crippen molar-refractivity contribution in [1.29, 1.82) is 5.26 Å². The molecule has 3 nitrogen and oxygen atoms in total. The van der Waals surface area contributed by atoms with E-state index in [1.807, 2.05) is 12.1 Å². The molecule has 0 unspecified atom stereocenters. The number of benzene rings is 1. The Bertz CT molecular complexity index is 682. The Morgan fingerprint density at radius 3 is 2.48 bits per heavy atom. The first kappa shape index (κ1) is 23.1. The Morgan fingerprint density at radius 2 is 1.83 bits per heavy atom. The van der Waals surface area contributed by atoms with Gasteiger partial charge in [-0.2, -0.15) is 9.65 Å². The van der Waals surface area contributed by atoms with E-state index in [0.29, 0.717) is 18.1 Å². The van der Waals surface area contributed by atoms with Gasteiger partial charge in [0.05, 0.1) is 5.92 Å². The molecule has 0 amide bonds. The summed E-state index contributed by atoms with van der Waals surface area (Å²) in [4.78, 5) is 12.5. The second kappa shape index (κ2) is 13.1. The van der Waals surface area contributed by atoms with Crippen molar-refractivity contribution in [3.63, 3.8) is 0 Å². The van der Waals surface area contributed by atoms with E-state index in [2.05, 4.69) is 19.1 Å². The van der Waals surface area contributed by atoms with Gasteiger partial charge in [-0.1, -0.05) is 44.7 Å². The van der Waals surface area contributed by atoms with Gasteiger partial charge >= 0.3 is 5.97 Å². The zero-order chi connectivity index (χ0) is 20.9. The van der Waals surface area contributed by atoms with E-state index < -0.39 is 5.83 Å². The highest BCUT2D eigenvalue weighted by Gasteiger charge is 2.27. The van der Waals surface area contributed by atoms with Crippen LogP contribution in [0.1, 0.15) is 83.1 Å². The first-order valence-corrected chi connectivity index (χ1v) is 11.2. The predicted octanol–water partition coefficient (Wildman–Crippen LogP) is 7.07. The van der Waals surface area contributed by atoms with Crippen LogP contribution in [0.4, 0.5) is 4.39 Å². The zero-order valence-electron chi connectivity index (χ0n) is 17.7. The molecule has 0 radical (unpaired) electrons. The summed E-state index contributed by atoms with van der Waals surface area (Å²) in [6.45, 7) is 2.23. The fourth-order valence-corrected chi connectivity index (χ4v) is 4.03. The van der Waals surface area contributed by atoms with Crippen molar-refractivity contribution in [3.05, 3.63) is 41.7 Å². The van der Waals surface area contributed by atoms with Gasteiger partial charge in [-0.05, 0) is 81.1 Å². The average molecular weight is 400 g/mol. The lowest BCUT2D eigenvalue weighted by atomic mass is 9.80. The van der Waals surface area contributed by atoms with E-state index >= 15 is 0 Å². The first-order chi connectivity index (χ1) is 14.1. The number of carbonyl (C=O) groups excluding carboxylic acids is 1. The quantitative estimate of drug-likeness (QED) is 0.173. The number of ether oxygens (including phenoxy) is 1. The number of halogens is 1. The highest BCUT2D eigenvalue weighted by molar-refractivity contribution is 5.75. The third-order valence-corrected chi connectivity index (χ3v) is 5.90. The van der Waals surface area contributed by atoms with Crippen LogP contribution in [0.15, 0.2) is 36.2 Å². The minimum absolute atomic E-state index is 0.0455.